The van der Waals surface area contributed by atoms with Gasteiger partial charge in [-0.15, -0.1) is 10.2 Å². The van der Waals surface area contributed by atoms with Gasteiger partial charge in [0.1, 0.15) is 17.5 Å². The standard InChI is InChI=1S/C13H10N4O3/c1-20-10-4-2-3-8(7-14)12(10)15-11-6-5-9(13(18)19)16-17-11/h2-6H,1H3,(H,15,17)(H,18,19). The van der Waals surface area contributed by atoms with Crippen LogP contribution in [0.5, 0.6) is 5.75 Å². The quantitative estimate of drug-likeness (QED) is 0.871. The third kappa shape index (κ3) is 2.64. The van der Waals surface area contributed by atoms with Crippen LogP contribution < -0.4 is 10.1 Å². The van der Waals surface area contributed by atoms with Gasteiger partial charge in [0.15, 0.2) is 11.5 Å². The number of benzene rings is 1. The normalized spacial score (nSPS) is 9.60. The summed E-state index contributed by atoms with van der Waals surface area (Å²) in [5.74, 6) is -0.358. The van der Waals surface area contributed by atoms with Crippen LogP contribution >= 0.6 is 0 Å². The Labute approximate surface area is 114 Å². The molecule has 0 saturated heterocycles. The van der Waals surface area contributed by atoms with Crippen molar-refractivity contribution in [2.75, 3.05) is 12.4 Å². The number of hydrogen-bond donors (Lipinski definition) is 2. The highest BCUT2D eigenvalue weighted by atomic mass is 16.5. The van der Waals surface area contributed by atoms with E-state index in [2.05, 4.69) is 15.5 Å². The Morgan fingerprint density at radius 1 is 1.35 bits per heavy atom. The van der Waals surface area contributed by atoms with Crippen molar-refractivity contribution in [1.82, 2.24) is 10.2 Å². The maximum Gasteiger partial charge on any atom is 0.356 e. The smallest absolute Gasteiger partial charge is 0.356 e. The number of nitriles is 1. The number of ether oxygens (including phenoxy) is 1. The van der Waals surface area contributed by atoms with Gasteiger partial charge < -0.3 is 15.2 Å². The van der Waals surface area contributed by atoms with E-state index in [9.17, 15) is 4.79 Å². The van der Waals surface area contributed by atoms with E-state index in [1.165, 1.54) is 19.2 Å². The molecule has 0 aliphatic carbocycles. The van der Waals surface area contributed by atoms with Crippen molar-refractivity contribution >= 4 is 17.5 Å². The van der Waals surface area contributed by atoms with Gasteiger partial charge in [-0.25, -0.2) is 4.79 Å². The van der Waals surface area contributed by atoms with Gasteiger partial charge in [0, 0.05) is 0 Å². The highest BCUT2D eigenvalue weighted by molar-refractivity contribution is 5.85. The molecule has 7 heteroatoms. The zero-order chi connectivity index (χ0) is 14.5. The zero-order valence-electron chi connectivity index (χ0n) is 10.5. The van der Waals surface area contributed by atoms with E-state index in [4.69, 9.17) is 15.1 Å². The summed E-state index contributed by atoms with van der Waals surface area (Å²) in [6.07, 6.45) is 0. The Bertz CT molecular complexity index is 677. The SMILES string of the molecule is COc1cccc(C#N)c1Nc1ccc(C(=O)O)nn1. The summed E-state index contributed by atoms with van der Waals surface area (Å²) in [6, 6.07) is 9.84. The first-order valence-electron chi connectivity index (χ1n) is 5.57. The third-order valence-corrected chi connectivity index (χ3v) is 2.50. The number of para-hydroxylation sites is 1. The number of carboxylic acid groups (broad SMARTS) is 1. The fraction of sp³-hybridized carbons (Fsp3) is 0.0769. The summed E-state index contributed by atoms with van der Waals surface area (Å²) in [7, 11) is 1.49. The number of aromatic nitrogens is 2. The van der Waals surface area contributed by atoms with Crippen LogP contribution in [0.2, 0.25) is 0 Å². The lowest BCUT2D eigenvalue weighted by Crippen LogP contribution is -2.04. The largest absolute Gasteiger partial charge is 0.495 e. The van der Waals surface area contributed by atoms with E-state index in [0.717, 1.165) is 0 Å². The summed E-state index contributed by atoms with van der Waals surface area (Å²) in [4.78, 5) is 10.7. The molecule has 0 aliphatic rings. The Balaban J connectivity index is 2.34. The number of carboxylic acids is 1. The average Bonchev–Trinajstić information content (AvgIpc) is 2.48. The third-order valence-electron chi connectivity index (χ3n) is 2.50. The molecule has 0 saturated carbocycles. The number of methoxy groups -OCH3 is 1. The van der Waals surface area contributed by atoms with Crippen molar-refractivity contribution in [2.24, 2.45) is 0 Å². The Kier molecular flexibility index (Phi) is 3.77. The fourth-order valence-electron chi connectivity index (χ4n) is 1.56. The molecule has 7 nitrogen and oxygen atoms in total. The summed E-state index contributed by atoms with van der Waals surface area (Å²) in [5.41, 5.74) is 0.680. The molecule has 2 N–H and O–H groups in total. The van der Waals surface area contributed by atoms with Gasteiger partial charge in [-0.05, 0) is 24.3 Å². The number of nitrogens with one attached hydrogen (secondary N) is 1. The van der Waals surface area contributed by atoms with E-state index in [-0.39, 0.29) is 5.69 Å². The molecule has 2 aromatic rings. The molecule has 0 radical (unpaired) electrons. The van der Waals surface area contributed by atoms with Crippen LogP contribution in [0.3, 0.4) is 0 Å². The van der Waals surface area contributed by atoms with Gasteiger partial charge in [0.2, 0.25) is 0 Å². The summed E-state index contributed by atoms with van der Waals surface area (Å²) in [5, 5.41) is 28.0. The molecule has 0 bridgehead atoms. The summed E-state index contributed by atoms with van der Waals surface area (Å²) < 4.78 is 5.17. The molecule has 100 valence electrons. The second kappa shape index (κ2) is 5.67. The summed E-state index contributed by atoms with van der Waals surface area (Å²) >= 11 is 0. The molecule has 0 atom stereocenters. The summed E-state index contributed by atoms with van der Waals surface area (Å²) in [6.45, 7) is 0. The van der Waals surface area contributed by atoms with Gasteiger partial charge in [-0.3, -0.25) is 0 Å². The van der Waals surface area contributed by atoms with Crippen molar-refractivity contribution in [3.8, 4) is 11.8 Å². The predicted molar refractivity (Wildman–Crippen MR) is 70.0 cm³/mol. The first-order valence-corrected chi connectivity index (χ1v) is 5.57. The van der Waals surface area contributed by atoms with Crippen LogP contribution in [0.4, 0.5) is 11.5 Å². The molecule has 0 fully saturated rings. The number of nitrogens with zero attached hydrogens (tertiary/aromatic N) is 3. The lowest BCUT2D eigenvalue weighted by molar-refractivity contribution is 0.0689. The van der Waals surface area contributed by atoms with Crippen molar-refractivity contribution < 1.29 is 14.6 Å². The fourth-order valence-corrected chi connectivity index (χ4v) is 1.56. The maximum atomic E-state index is 10.7. The predicted octanol–water partition coefficient (Wildman–Crippen LogP) is 1.80. The van der Waals surface area contributed by atoms with Crippen molar-refractivity contribution in [1.29, 1.82) is 5.26 Å². The molecule has 1 aromatic carbocycles. The topological polar surface area (TPSA) is 108 Å². The first kappa shape index (κ1) is 13.3. The average molecular weight is 270 g/mol. The van der Waals surface area contributed by atoms with E-state index in [1.54, 1.807) is 18.2 Å². The van der Waals surface area contributed by atoms with E-state index >= 15 is 0 Å². The number of carbonyl (C=O) groups is 1. The lowest BCUT2D eigenvalue weighted by atomic mass is 10.2. The maximum absolute atomic E-state index is 10.7. The molecule has 0 spiro atoms. The number of aromatic carboxylic acids is 1. The molecule has 2 rings (SSSR count). The molecular weight excluding hydrogens is 260 g/mol. The molecule has 0 aliphatic heterocycles. The van der Waals surface area contributed by atoms with Crippen LogP contribution in [-0.2, 0) is 0 Å². The number of anilines is 2. The van der Waals surface area contributed by atoms with Crippen molar-refractivity contribution in [3.63, 3.8) is 0 Å². The highest BCUT2D eigenvalue weighted by Crippen LogP contribution is 2.30. The van der Waals surface area contributed by atoms with Gasteiger partial charge in [0.25, 0.3) is 0 Å². The Morgan fingerprint density at radius 2 is 2.15 bits per heavy atom. The number of hydrogen-bond acceptors (Lipinski definition) is 6. The molecule has 1 heterocycles. The van der Waals surface area contributed by atoms with Crippen LogP contribution in [-0.4, -0.2) is 28.4 Å². The molecule has 0 unspecified atom stereocenters. The van der Waals surface area contributed by atoms with Crippen molar-refractivity contribution in [2.45, 2.75) is 0 Å². The van der Waals surface area contributed by atoms with Gasteiger partial charge >= 0.3 is 5.97 Å². The number of rotatable bonds is 4. The Hall–Kier alpha value is -3.14. The van der Waals surface area contributed by atoms with Gasteiger partial charge in [0.05, 0.1) is 12.7 Å². The minimum Gasteiger partial charge on any atom is -0.495 e. The zero-order valence-corrected chi connectivity index (χ0v) is 10.5. The van der Waals surface area contributed by atoms with Gasteiger partial charge in [-0.2, -0.15) is 5.26 Å². The molecular formula is C13H10N4O3. The first-order chi connectivity index (χ1) is 9.65. The Morgan fingerprint density at radius 3 is 2.70 bits per heavy atom. The second-order valence-corrected chi connectivity index (χ2v) is 3.73. The minimum absolute atomic E-state index is 0.156. The minimum atomic E-state index is -1.15. The van der Waals surface area contributed by atoms with E-state index in [1.807, 2.05) is 6.07 Å². The monoisotopic (exact) mass is 270 g/mol. The highest BCUT2D eigenvalue weighted by Gasteiger charge is 2.11. The van der Waals surface area contributed by atoms with Gasteiger partial charge in [-0.1, -0.05) is 6.07 Å². The van der Waals surface area contributed by atoms with E-state index < -0.39 is 5.97 Å². The van der Waals surface area contributed by atoms with Crippen LogP contribution in [0.1, 0.15) is 16.1 Å². The molecule has 0 amide bonds. The molecule has 1 aromatic heterocycles. The van der Waals surface area contributed by atoms with Crippen LogP contribution in [0, 0.1) is 11.3 Å². The van der Waals surface area contributed by atoms with Crippen LogP contribution in [0.25, 0.3) is 0 Å². The van der Waals surface area contributed by atoms with Crippen LogP contribution in [0.15, 0.2) is 30.3 Å². The lowest BCUT2D eigenvalue weighted by Gasteiger charge is -2.11. The molecule has 20 heavy (non-hydrogen) atoms. The van der Waals surface area contributed by atoms with E-state index in [0.29, 0.717) is 22.8 Å². The van der Waals surface area contributed by atoms with Crippen molar-refractivity contribution in [3.05, 3.63) is 41.6 Å². The second-order valence-electron chi connectivity index (χ2n) is 3.73.